The van der Waals surface area contributed by atoms with Crippen LogP contribution in [0.4, 0.5) is 0 Å². The van der Waals surface area contributed by atoms with E-state index in [1.807, 2.05) is 7.05 Å². The van der Waals surface area contributed by atoms with Crippen molar-refractivity contribution in [1.29, 1.82) is 0 Å². The maximum Gasteiger partial charge on any atom is 0.267 e. The van der Waals surface area contributed by atoms with E-state index in [2.05, 4.69) is 10.6 Å². The van der Waals surface area contributed by atoms with Gasteiger partial charge in [-0.2, -0.15) is 4.31 Å². The lowest BCUT2D eigenvalue weighted by molar-refractivity contribution is 0.0955. The summed E-state index contributed by atoms with van der Waals surface area (Å²) in [6.07, 6.45) is 3.21. The molecule has 1 aromatic heterocycles. The number of amides is 1. The number of hydrogen-bond donors (Lipinski definition) is 2. The van der Waals surface area contributed by atoms with Crippen LogP contribution in [0.2, 0.25) is 0 Å². The zero-order valence-electron chi connectivity index (χ0n) is 13.3. The topological polar surface area (TPSA) is 83.4 Å². The summed E-state index contributed by atoms with van der Waals surface area (Å²) in [6, 6.07) is 1.44. The van der Waals surface area contributed by atoms with Gasteiger partial charge in [0.2, 0.25) is 10.0 Å². The van der Waals surface area contributed by atoms with Crippen LogP contribution in [0.1, 0.15) is 23.3 Å². The number of carbonyl (C=O) groups is 1. The van der Waals surface area contributed by atoms with Crippen LogP contribution in [-0.2, 0) is 17.1 Å². The van der Waals surface area contributed by atoms with Crippen LogP contribution in [0, 0.1) is 5.92 Å². The number of aromatic nitrogens is 1. The van der Waals surface area contributed by atoms with Crippen molar-refractivity contribution >= 4 is 15.9 Å². The van der Waals surface area contributed by atoms with E-state index in [-0.39, 0.29) is 10.8 Å². The van der Waals surface area contributed by atoms with Gasteiger partial charge in [0.1, 0.15) is 10.6 Å². The molecule has 22 heavy (non-hydrogen) atoms. The number of piperidine rings is 1. The molecular weight excluding hydrogens is 304 g/mol. The third-order valence-electron chi connectivity index (χ3n) is 4.14. The molecule has 1 fully saturated rings. The normalized spacial score (nSPS) is 17.6. The second-order valence-corrected chi connectivity index (χ2v) is 7.59. The molecular formula is C14H24N4O3S. The molecule has 1 aliphatic rings. The maximum absolute atomic E-state index is 12.7. The first kappa shape index (κ1) is 17.0. The van der Waals surface area contributed by atoms with Crippen LogP contribution < -0.4 is 10.6 Å². The summed E-state index contributed by atoms with van der Waals surface area (Å²) in [4.78, 5) is 11.9. The number of aryl methyl sites for hydroxylation is 1. The second-order valence-electron chi connectivity index (χ2n) is 5.66. The van der Waals surface area contributed by atoms with Gasteiger partial charge in [0.05, 0.1) is 0 Å². The molecule has 2 rings (SSSR count). The highest BCUT2D eigenvalue weighted by Crippen LogP contribution is 2.24. The minimum Gasteiger partial charge on any atom is -0.354 e. The van der Waals surface area contributed by atoms with Crippen LogP contribution in [0.3, 0.4) is 0 Å². The fraction of sp³-hybridized carbons (Fsp3) is 0.643. The average molecular weight is 328 g/mol. The zero-order chi connectivity index (χ0) is 16.3. The highest BCUT2D eigenvalue weighted by atomic mass is 32.2. The molecule has 1 saturated heterocycles. The Labute approximate surface area is 131 Å². The highest BCUT2D eigenvalue weighted by Gasteiger charge is 2.30. The minimum absolute atomic E-state index is 0.181. The number of nitrogens with zero attached hydrogens (tertiary/aromatic N) is 2. The molecule has 1 amide bonds. The van der Waals surface area contributed by atoms with Crippen molar-refractivity contribution in [3.05, 3.63) is 18.0 Å². The van der Waals surface area contributed by atoms with Crippen molar-refractivity contribution in [2.75, 3.05) is 33.7 Å². The predicted molar refractivity (Wildman–Crippen MR) is 84.2 cm³/mol. The minimum atomic E-state index is -3.53. The highest BCUT2D eigenvalue weighted by molar-refractivity contribution is 7.89. The molecule has 7 nitrogen and oxygen atoms in total. The van der Waals surface area contributed by atoms with Gasteiger partial charge in [0, 0.05) is 33.4 Å². The number of sulfonamides is 1. The van der Waals surface area contributed by atoms with Crippen molar-refractivity contribution in [3.8, 4) is 0 Å². The quantitative estimate of drug-likeness (QED) is 0.797. The van der Waals surface area contributed by atoms with Crippen molar-refractivity contribution in [2.45, 2.75) is 17.7 Å². The van der Waals surface area contributed by atoms with E-state index >= 15 is 0 Å². The van der Waals surface area contributed by atoms with E-state index in [0.29, 0.717) is 24.7 Å². The first-order valence-corrected chi connectivity index (χ1v) is 8.87. The molecule has 0 bridgehead atoms. The van der Waals surface area contributed by atoms with Crippen molar-refractivity contribution in [1.82, 2.24) is 19.5 Å². The van der Waals surface area contributed by atoms with Crippen molar-refractivity contribution < 1.29 is 13.2 Å². The third-order valence-corrected chi connectivity index (χ3v) is 6.01. The Bertz CT molecular complexity index is 631. The summed E-state index contributed by atoms with van der Waals surface area (Å²) in [7, 11) is 1.57. The van der Waals surface area contributed by atoms with Crippen LogP contribution in [0.5, 0.6) is 0 Å². The summed E-state index contributed by atoms with van der Waals surface area (Å²) in [5, 5.41) is 5.65. The lowest BCUT2D eigenvalue weighted by Gasteiger charge is -2.30. The van der Waals surface area contributed by atoms with E-state index in [1.165, 1.54) is 23.6 Å². The molecule has 0 unspecified atom stereocenters. The molecule has 0 radical (unpaired) electrons. The van der Waals surface area contributed by atoms with Gasteiger partial charge in [-0.25, -0.2) is 8.42 Å². The molecule has 0 saturated carbocycles. The molecule has 0 aromatic carbocycles. The third kappa shape index (κ3) is 3.34. The summed E-state index contributed by atoms with van der Waals surface area (Å²) in [5.41, 5.74) is 0.339. The molecule has 0 atom stereocenters. The van der Waals surface area contributed by atoms with Crippen molar-refractivity contribution in [3.63, 3.8) is 0 Å². The van der Waals surface area contributed by atoms with Crippen molar-refractivity contribution in [2.24, 2.45) is 13.0 Å². The first-order chi connectivity index (χ1) is 10.4. The van der Waals surface area contributed by atoms with Gasteiger partial charge < -0.3 is 15.2 Å². The Morgan fingerprint density at radius 1 is 1.32 bits per heavy atom. The largest absolute Gasteiger partial charge is 0.354 e. The molecule has 0 spiro atoms. The zero-order valence-corrected chi connectivity index (χ0v) is 14.1. The Morgan fingerprint density at radius 3 is 2.50 bits per heavy atom. The Morgan fingerprint density at radius 2 is 1.95 bits per heavy atom. The smallest absolute Gasteiger partial charge is 0.267 e. The molecule has 2 N–H and O–H groups in total. The van der Waals surface area contributed by atoms with Gasteiger partial charge in [-0.1, -0.05) is 0 Å². The maximum atomic E-state index is 12.7. The molecule has 1 aliphatic heterocycles. The van der Waals surface area contributed by atoms with Gasteiger partial charge >= 0.3 is 0 Å². The average Bonchev–Trinajstić information content (AvgIpc) is 2.90. The van der Waals surface area contributed by atoms with E-state index in [0.717, 1.165) is 19.4 Å². The number of rotatable bonds is 5. The van der Waals surface area contributed by atoms with Gasteiger partial charge in [-0.15, -0.1) is 0 Å². The van der Waals surface area contributed by atoms with Crippen LogP contribution in [0.25, 0.3) is 0 Å². The van der Waals surface area contributed by atoms with E-state index in [1.54, 1.807) is 11.6 Å². The Hall–Kier alpha value is -1.38. The standard InChI is InChI=1S/C14H24N4O3S/c1-15-9-11-4-6-18(7-5-11)22(20,21)12-8-13(14(19)16-2)17(3)10-12/h8,10-11,15H,4-7,9H2,1-3H3,(H,16,19). The molecule has 8 heteroatoms. The SMILES string of the molecule is CNCC1CCN(S(=O)(=O)c2cc(C(=O)NC)n(C)c2)CC1. The monoisotopic (exact) mass is 328 g/mol. The molecule has 124 valence electrons. The summed E-state index contributed by atoms with van der Waals surface area (Å²) in [6.45, 7) is 1.97. The molecule has 1 aromatic rings. The number of hydrogen-bond acceptors (Lipinski definition) is 4. The first-order valence-electron chi connectivity index (χ1n) is 7.43. The van der Waals surface area contributed by atoms with Crippen LogP contribution in [-0.4, -0.2) is 56.9 Å². The predicted octanol–water partition coefficient (Wildman–Crippen LogP) is 0.00480. The molecule has 0 aliphatic carbocycles. The van der Waals surface area contributed by atoms with Crippen LogP contribution >= 0.6 is 0 Å². The summed E-state index contributed by atoms with van der Waals surface area (Å²) < 4.78 is 28.4. The van der Waals surface area contributed by atoms with E-state index in [9.17, 15) is 13.2 Å². The lowest BCUT2D eigenvalue weighted by Crippen LogP contribution is -2.40. The number of carbonyl (C=O) groups excluding carboxylic acids is 1. The lowest BCUT2D eigenvalue weighted by atomic mass is 9.98. The van der Waals surface area contributed by atoms with Gasteiger partial charge in [-0.3, -0.25) is 4.79 Å². The van der Waals surface area contributed by atoms with Gasteiger partial charge in [-0.05, 0) is 38.4 Å². The fourth-order valence-corrected chi connectivity index (χ4v) is 4.36. The van der Waals surface area contributed by atoms with E-state index in [4.69, 9.17) is 0 Å². The van der Waals surface area contributed by atoms with Gasteiger partial charge in [0.25, 0.3) is 5.91 Å². The van der Waals surface area contributed by atoms with Gasteiger partial charge in [0.15, 0.2) is 0 Å². The summed E-state index contributed by atoms with van der Waals surface area (Å²) >= 11 is 0. The summed E-state index contributed by atoms with van der Waals surface area (Å²) in [5.74, 6) is 0.227. The molecule has 2 heterocycles. The Kier molecular flexibility index (Phi) is 5.25. The Balaban J connectivity index is 2.16. The second kappa shape index (κ2) is 6.80. The number of nitrogens with one attached hydrogen (secondary N) is 2. The van der Waals surface area contributed by atoms with E-state index < -0.39 is 10.0 Å². The van der Waals surface area contributed by atoms with Crippen LogP contribution in [0.15, 0.2) is 17.2 Å². The fourth-order valence-electron chi connectivity index (χ4n) is 2.82.